The summed E-state index contributed by atoms with van der Waals surface area (Å²) in [6.07, 6.45) is 3.44. The molecule has 3 unspecified atom stereocenters. The van der Waals surface area contributed by atoms with E-state index in [-0.39, 0.29) is 29.8 Å². The highest BCUT2D eigenvalue weighted by atomic mass is 16.2. The number of nitrogens with one attached hydrogen (secondary N) is 1. The molecule has 1 rings (SSSR count). The number of hydrogen-bond donors (Lipinski definition) is 1. The van der Waals surface area contributed by atoms with Crippen molar-refractivity contribution in [3.8, 4) is 0 Å². The Morgan fingerprint density at radius 1 is 1.22 bits per heavy atom. The molecule has 1 N–H and O–H groups in total. The van der Waals surface area contributed by atoms with Crippen LogP contribution in [-0.4, -0.2) is 35.3 Å². The van der Waals surface area contributed by atoms with Crippen molar-refractivity contribution in [1.82, 2.24) is 10.2 Å². The predicted molar refractivity (Wildman–Crippen MR) is 72.1 cm³/mol. The van der Waals surface area contributed by atoms with E-state index in [0.717, 1.165) is 25.7 Å². The monoisotopic (exact) mass is 254 g/mol. The van der Waals surface area contributed by atoms with Crippen molar-refractivity contribution < 1.29 is 9.59 Å². The average molecular weight is 254 g/mol. The van der Waals surface area contributed by atoms with Crippen molar-refractivity contribution in [3.63, 3.8) is 0 Å². The fourth-order valence-corrected chi connectivity index (χ4v) is 2.56. The van der Waals surface area contributed by atoms with Crippen LogP contribution in [0.1, 0.15) is 53.4 Å². The molecule has 0 aromatic carbocycles. The van der Waals surface area contributed by atoms with Gasteiger partial charge in [-0.3, -0.25) is 9.59 Å². The molecule has 0 aromatic heterocycles. The molecule has 0 bridgehead atoms. The maximum Gasteiger partial charge on any atom is 0.245 e. The fourth-order valence-electron chi connectivity index (χ4n) is 2.56. The molecule has 18 heavy (non-hydrogen) atoms. The molecule has 1 aliphatic heterocycles. The van der Waals surface area contributed by atoms with Crippen LogP contribution in [0.4, 0.5) is 0 Å². The van der Waals surface area contributed by atoms with Gasteiger partial charge >= 0.3 is 0 Å². The molecule has 0 aromatic rings. The van der Waals surface area contributed by atoms with E-state index >= 15 is 0 Å². The average Bonchev–Trinajstić information content (AvgIpc) is 2.35. The summed E-state index contributed by atoms with van der Waals surface area (Å²) in [7, 11) is 0. The summed E-state index contributed by atoms with van der Waals surface area (Å²) in [5.41, 5.74) is 0. The zero-order chi connectivity index (χ0) is 13.7. The molecule has 0 radical (unpaired) electrons. The summed E-state index contributed by atoms with van der Waals surface area (Å²) in [5, 5.41) is 2.89. The maximum atomic E-state index is 12.4. The van der Waals surface area contributed by atoms with E-state index < -0.39 is 0 Å². The largest absolute Gasteiger partial charge is 0.342 e. The van der Waals surface area contributed by atoms with Gasteiger partial charge in [-0.25, -0.2) is 0 Å². The first-order valence-electron chi connectivity index (χ1n) is 7.17. The Balaban J connectivity index is 2.91. The second-order valence-corrected chi connectivity index (χ2v) is 5.21. The zero-order valence-electron chi connectivity index (χ0n) is 12.0. The van der Waals surface area contributed by atoms with Crippen LogP contribution in [0, 0.1) is 5.92 Å². The van der Waals surface area contributed by atoms with Crippen molar-refractivity contribution >= 4 is 11.8 Å². The predicted octanol–water partition coefficient (Wildman–Crippen LogP) is 1.94. The Hall–Kier alpha value is -1.06. The lowest BCUT2D eigenvalue weighted by atomic mass is 9.92. The number of carbonyl (C=O) groups excluding carboxylic acids is 2. The van der Waals surface area contributed by atoms with Crippen molar-refractivity contribution in [2.24, 2.45) is 5.92 Å². The summed E-state index contributed by atoms with van der Waals surface area (Å²) in [4.78, 5) is 26.4. The molecular weight excluding hydrogens is 228 g/mol. The van der Waals surface area contributed by atoms with Crippen molar-refractivity contribution in [1.29, 1.82) is 0 Å². The van der Waals surface area contributed by atoms with Gasteiger partial charge in [0.25, 0.3) is 0 Å². The second-order valence-electron chi connectivity index (χ2n) is 5.21. The molecular formula is C14H26N2O2. The van der Waals surface area contributed by atoms with Crippen LogP contribution in [0.15, 0.2) is 0 Å². The third-order valence-electron chi connectivity index (χ3n) is 3.73. The third kappa shape index (κ3) is 3.03. The Bertz CT molecular complexity index is 304. The van der Waals surface area contributed by atoms with Gasteiger partial charge in [-0.2, -0.15) is 0 Å². The topological polar surface area (TPSA) is 49.4 Å². The van der Waals surface area contributed by atoms with Crippen LogP contribution in [0.2, 0.25) is 0 Å². The van der Waals surface area contributed by atoms with Crippen molar-refractivity contribution in [3.05, 3.63) is 0 Å². The van der Waals surface area contributed by atoms with E-state index in [1.807, 2.05) is 20.8 Å². The minimum atomic E-state index is -0.311. The molecule has 104 valence electrons. The quantitative estimate of drug-likeness (QED) is 0.787. The van der Waals surface area contributed by atoms with Gasteiger partial charge in [-0.1, -0.05) is 40.5 Å². The normalized spacial score (nSPS) is 26.1. The Kier molecular flexibility index (Phi) is 5.63. The van der Waals surface area contributed by atoms with Gasteiger partial charge < -0.3 is 10.2 Å². The van der Waals surface area contributed by atoms with Crippen LogP contribution >= 0.6 is 0 Å². The lowest BCUT2D eigenvalue weighted by Gasteiger charge is -2.41. The van der Waals surface area contributed by atoms with Crippen LogP contribution < -0.4 is 5.32 Å². The van der Waals surface area contributed by atoms with Crippen LogP contribution in [-0.2, 0) is 9.59 Å². The fraction of sp³-hybridized carbons (Fsp3) is 0.857. The van der Waals surface area contributed by atoms with Gasteiger partial charge in [0.05, 0.1) is 0 Å². The van der Waals surface area contributed by atoms with E-state index in [0.29, 0.717) is 6.54 Å². The zero-order valence-corrected chi connectivity index (χ0v) is 12.0. The molecule has 1 aliphatic rings. The van der Waals surface area contributed by atoms with Crippen molar-refractivity contribution in [2.75, 3.05) is 6.54 Å². The van der Waals surface area contributed by atoms with Gasteiger partial charge in [0.2, 0.25) is 11.8 Å². The smallest absolute Gasteiger partial charge is 0.245 e. The molecule has 2 amide bonds. The van der Waals surface area contributed by atoms with E-state index in [9.17, 15) is 9.59 Å². The first kappa shape index (κ1) is 15.0. The SMILES string of the molecule is CCCC1NC(=O)C(C(C)CC)N(CCC)C1=O. The van der Waals surface area contributed by atoms with E-state index in [4.69, 9.17) is 0 Å². The number of amides is 2. The summed E-state index contributed by atoms with van der Waals surface area (Å²) < 4.78 is 0. The van der Waals surface area contributed by atoms with Gasteiger partial charge in [0, 0.05) is 6.54 Å². The lowest BCUT2D eigenvalue weighted by molar-refractivity contribution is -0.151. The molecule has 1 fully saturated rings. The lowest BCUT2D eigenvalue weighted by Crippen LogP contribution is -2.65. The first-order valence-corrected chi connectivity index (χ1v) is 7.17. The van der Waals surface area contributed by atoms with Crippen LogP contribution in [0.3, 0.4) is 0 Å². The highest BCUT2D eigenvalue weighted by molar-refractivity contribution is 5.97. The number of rotatable bonds is 6. The van der Waals surface area contributed by atoms with Crippen LogP contribution in [0.5, 0.6) is 0 Å². The van der Waals surface area contributed by atoms with E-state index in [1.54, 1.807) is 4.90 Å². The summed E-state index contributed by atoms with van der Waals surface area (Å²) in [6.45, 7) is 8.86. The van der Waals surface area contributed by atoms with E-state index in [1.165, 1.54) is 0 Å². The maximum absolute atomic E-state index is 12.4. The summed E-state index contributed by atoms with van der Waals surface area (Å²) in [6, 6.07) is -0.593. The Morgan fingerprint density at radius 3 is 2.39 bits per heavy atom. The first-order chi connectivity index (χ1) is 8.56. The number of hydrogen-bond acceptors (Lipinski definition) is 2. The highest BCUT2D eigenvalue weighted by Crippen LogP contribution is 2.21. The molecule has 0 saturated carbocycles. The number of nitrogens with zero attached hydrogens (tertiary/aromatic N) is 1. The minimum Gasteiger partial charge on any atom is -0.342 e. The molecule has 1 saturated heterocycles. The standard InChI is InChI=1S/C14H26N2O2/c1-5-8-11-14(18)16(9-6-2)12(10(4)7-3)13(17)15-11/h10-12H,5-9H2,1-4H3,(H,15,17). The highest BCUT2D eigenvalue weighted by Gasteiger charge is 2.41. The summed E-state index contributed by atoms with van der Waals surface area (Å²) >= 11 is 0. The summed E-state index contributed by atoms with van der Waals surface area (Å²) in [5.74, 6) is 0.336. The Labute approximate surface area is 110 Å². The van der Waals surface area contributed by atoms with Gasteiger partial charge in [-0.05, 0) is 18.8 Å². The molecule has 1 heterocycles. The molecule has 4 heteroatoms. The van der Waals surface area contributed by atoms with Gasteiger partial charge in [-0.15, -0.1) is 0 Å². The van der Waals surface area contributed by atoms with Crippen molar-refractivity contribution in [2.45, 2.75) is 65.5 Å². The van der Waals surface area contributed by atoms with Gasteiger partial charge in [0.15, 0.2) is 0 Å². The molecule has 0 spiro atoms. The molecule has 3 atom stereocenters. The third-order valence-corrected chi connectivity index (χ3v) is 3.73. The molecule has 0 aliphatic carbocycles. The van der Waals surface area contributed by atoms with E-state index in [2.05, 4.69) is 12.2 Å². The molecule has 4 nitrogen and oxygen atoms in total. The Morgan fingerprint density at radius 2 is 1.89 bits per heavy atom. The van der Waals surface area contributed by atoms with Crippen LogP contribution in [0.25, 0.3) is 0 Å². The van der Waals surface area contributed by atoms with Gasteiger partial charge in [0.1, 0.15) is 12.1 Å². The minimum absolute atomic E-state index is 0.0239. The number of piperazine rings is 1. The second kappa shape index (κ2) is 6.76. The number of carbonyl (C=O) groups is 2.